The fraction of sp³-hybridized carbons (Fsp3) is 0.263. The molecule has 0 heterocycles. The molecule has 0 aliphatic heterocycles. The van der Waals surface area contributed by atoms with Crippen LogP contribution in [0.2, 0.25) is 0 Å². The maximum atomic E-state index is 12.6. The van der Waals surface area contributed by atoms with Crippen molar-refractivity contribution in [2.24, 2.45) is 0 Å². The van der Waals surface area contributed by atoms with Crippen LogP contribution in [0.4, 0.5) is 0 Å². The Hall–Kier alpha value is -2.31. The molecule has 0 radical (unpaired) electrons. The minimum Gasteiger partial charge on any atom is -0.490 e. The first kappa shape index (κ1) is 17.5. The highest BCUT2D eigenvalue weighted by Gasteiger charge is 2.23. The summed E-state index contributed by atoms with van der Waals surface area (Å²) in [5.41, 5.74) is 0. The Morgan fingerprint density at radius 3 is 2.28 bits per heavy atom. The van der Waals surface area contributed by atoms with Crippen LogP contribution in [0.25, 0.3) is 21.5 Å². The molecular weight excluding hydrogens is 340 g/mol. The summed E-state index contributed by atoms with van der Waals surface area (Å²) in [5.74, 6) is 1.13. The van der Waals surface area contributed by atoms with E-state index in [-0.39, 0.29) is 4.90 Å². The molecule has 5 nitrogen and oxygen atoms in total. The Balaban J connectivity index is 2.51. The Bertz CT molecular complexity index is 1020. The van der Waals surface area contributed by atoms with Crippen molar-refractivity contribution >= 4 is 31.7 Å². The number of hydrogen-bond acceptors (Lipinski definition) is 5. The van der Waals surface area contributed by atoms with Gasteiger partial charge in [0.2, 0.25) is 0 Å². The van der Waals surface area contributed by atoms with Gasteiger partial charge in [-0.2, -0.15) is 8.42 Å². The van der Waals surface area contributed by atoms with Crippen molar-refractivity contribution in [3.05, 3.63) is 42.5 Å². The topological polar surface area (TPSA) is 61.8 Å². The lowest BCUT2D eigenvalue weighted by molar-refractivity contribution is 0.291. The summed E-state index contributed by atoms with van der Waals surface area (Å²) in [6.07, 6.45) is 0. The standard InChI is InChI=1S/C19H20O5S/c1-4-23-17-11-10-15-16(18(17)24-5-2)12-13-8-6-7-9-14(13)19(15)25(20,21)22-3/h6-12H,4-5H2,1-3H3. The molecule has 132 valence electrons. The Morgan fingerprint density at radius 1 is 0.880 bits per heavy atom. The van der Waals surface area contributed by atoms with Gasteiger partial charge in [0.05, 0.1) is 20.3 Å². The molecule has 0 atom stereocenters. The second-order valence-electron chi connectivity index (χ2n) is 5.40. The van der Waals surface area contributed by atoms with Crippen molar-refractivity contribution < 1.29 is 22.1 Å². The monoisotopic (exact) mass is 360 g/mol. The maximum absolute atomic E-state index is 12.6. The van der Waals surface area contributed by atoms with Crippen LogP contribution in [0.3, 0.4) is 0 Å². The van der Waals surface area contributed by atoms with Crippen molar-refractivity contribution in [2.45, 2.75) is 18.7 Å². The Kier molecular flexibility index (Phi) is 4.83. The van der Waals surface area contributed by atoms with Crippen LogP contribution in [-0.2, 0) is 14.3 Å². The van der Waals surface area contributed by atoms with Gasteiger partial charge in [0, 0.05) is 16.2 Å². The number of hydrogen-bond donors (Lipinski definition) is 0. The van der Waals surface area contributed by atoms with Crippen molar-refractivity contribution in [1.82, 2.24) is 0 Å². The van der Waals surface area contributed by atoms with E-state index in [1.54, 1.807) is 24.3 Å². The number of fused-ring (bicyclic) bond motifs is 2. The minimum atomic E-state index is -3.90. The van der Waals surface area contributed by atoms with Crippen LogP contribution in [-0.4, -0.2) is 28.7 Å². The lowest BCUT2D eigenvalue weighted by atomic mass is 10.0. The van der Waals surface area contributed by atoms with Gasteiger partial charge < -0.3 is 9.47 Å². The average molecular weight is 360 g/mol. The zero-order valence-corrected chi connectivity index (χ0v) is 15.2. The lowest BCUT2D eigenvalue weighted by Crippen LogP contribution is -2.06. The first-order valence-corrected chi connectivity index (χ1v) is 9.49. The van der Waals surface area contributed by atoms with E-state index in [1.165, 1.54) is 7.11 Å². The van der Waals surface area contributed by atoms with E-state index in [2.05, 4.69) is 0 Å². The fourth-order valence-corrected chi connectivity index (χ4v) is 4.04. The quantitative estimate of drug-likeness (QED) is 0.489. The van der Waals surface area contributed by atoms with Gasteiger partial charge in [0.1, 0.15) is 4.90 Å². The molecule has 3 rings (SSSR count). The highest BCUT2D eigenvalue weighted by molar-refractivity contribution is 7.87. The summed E-state index contributed by atoms with van der Waals surface area (Å²) in [4.78, 5) is 0.145. The van der Waals surface area contributed by atoms with Crippen molar-refractivity contribution in [3.63, 3.8) is 0 Å². The second-order valence-corrected chi connectivity index (χ2v) is 7.05. The van der Waals surface area contributed by atoms with Gasteiger partial charge in [0.15, 0.2) is 11.5 Å². The van der Waals surface area contributed by atoms with Gasteiger partial charge in [-0.3, -0.25) is 4.18 Å². The predicted octanol–water partition coefficient (Wildman–Crippen LogP) is 4.13. The molecule has 0 aliphatic rings. The first-order chi connectivity index (χ1) is 12.0. The number of rotatable bonds is 6. The molecule has 3 aromatic rings. The zero-order chi connectivity index (χ0) is 18.0. The van der Waals surface area contributed by atoms with E-state index in [0.29, 0.717) is 40.9 Å². The molecule has 6 heteroatoms. The van der Waals surface area contributed by atoms with Crippen molar-refractivity contribution in [3.8, 4) is 11.5 Å². The first-order valence-electron chi connectivity index (χ1n) is 8.08. The van der Waals surface area contributed by atoms with Crippen molar-refractivity contribution in [1.29, 1.82) is 0 Å². The van der Waals surface area contributed by atoms with Gasteiger partial charge >= 0.3 is 0 Å². The normalized spacial score (nSPS) is 11.8. The van der Waals surface area contributed by atoms with E-state index in [4.69, 9.17) is 13.7 Å². The molecule has 0 bridgehead atoms. The molecule has 0 aromatic heterocycles. The molecule has 0 saturated heterocycles. The van der Waals surface area contributed by atoms with E-state index in [1.807, 2.05) is 32.0 Å². The third-order valence-corrected chi connectivity index (χ3v) is 5.35. The molecular formula is C19H20O5S. The molecule has 0 fully saturated rings. The lowest BCUT2D eigenvalue weighted by Gasteiger charge is -2.17. The summed E-state index contributed by atoms with van der Waals surface area (Å²) < 4.78 is 41.5. The summed E-state index contributed by atoms with van der Waals surface area (Å²) in [7, 11) is -2.74. The van der Waals surface area contributed by atoms with Crippen LogP contribution < -0.4 is 9.47 Å². The smallest absolute Gasteiger partial charge is 0.297 e. The SMILES string of the molecule is CCOc1ccc2c(S(=O)(=O)OC)c3ccccc3cc2c1OCC. The van der Waals surface area contributed by atoms with Crippen LogP contribution >= 0.6 is 0 Å². The minimum absolute atomic E-state index is 0.145. The molecule has 0 amide bonds. The molecule has 0 unspecified atom stereocenters. The predicted molar refractivity (Wildman–Crippen MR) is 98.0 cm³/mol. The van der Waals surface area contributed by atoms with Crippen molar-refractivity contribution in [2.75, 3.05) is 20.3 Å². The van der Waals surface area contributed by atoms with Gasteiger partial charge in [-0.05, 0) is 37.4 Å². The van der Waals surface area contributed by atoms with E-state index in [0.717, 1.165) is 5.39 Å². The molecule has 0 aliphatic carbocycles. The van der Waals surface area contributed by atoms with Gasteiger partial charge in [-0.1, -0.05) is 24.3 Å². The molecule has 0 N–H and O–H groups in total. The van der Waals surface area contributed by atoms with Gasteiger partial charge in [-0.25, -0.2) is 0 Å². The Morgan fingerprint density at radius 2 is 1.60 bits per heavy atom. The van der Waals surface area contributed by atoms with E-state index >= 15 is 0 Å². The summed E-state index contributed by atoms with van der Waals surface area (Å²) in [5, 5.41) is 2.64. The average Bonchev–Trinajstić information content (AvgIpc) is 2.62. The zero-order valence-electron chi connectivity index (χ0n) is 14.4. The number of ether oxygens (including phenoxy) is 2. The third kappa shape index (κ3) is 3.03. The van der Waals surface area contributed by atoms with Gasteiger partial charge in [-0.15, -0.1) is 0 Å². The van der Waals surface area contributed by atoms with Crippen LogP contribution in [0.5, 0.6) is 11.5 Å². The molecule has 0 spiro atoms. The Labute approximate surface area is 147 Å². The number of benzene rings is 3. The van der Waals surface area contributed by atoms with E-state index in [9.17, 15) is 8.42 Å². The van der Waals surface area contributed by atoms with Gasteiger partial charge in [0.25, 0.3) is 10.1 Å². The summed E-state index contributed by atoms with van der Waals surface area (Å²) in [6.45, 7) is 4.70. The largest absolute Gasteiger partial charge is 0.490 e. The maximum Gasteiger partial charge on any atom is 0.297 e. The molecule has 25 heavy (non-hydrogen) atoms. The second kappa shape index (κ2) is 6.90. The van der Waals surface area contributed by atoms with Crippen LogP contribution in [0, 0.1) is 0 Å². The molecule has 0 saturated carbocycles. The summed E-state index contributed by atoms with van der Waals surface area (Å²) >= 11 is 0. The highest BCUT2D eigenvalue weighted by atomic mass is 32.2. The van der Waals surface area contributed by atoms with Crippen LogP contribution in [0.15, 0.2) is 47.4 Å². The van der Waals surface area contributed by atoms with Crippen LogP contribution in [0.1, 0.15) is 13.8 Å². The summed E-state index contributed by atoms with van der Waals surface area (Å²) in [6, 6.07) is 12.7. The molecule has 3 aromatic carbocycles. The highest BCUT2D eigenvalue weighted by Crippen LogP contribution is 2.41. The fourth-order valence-electron chi connectivity index (χ4n) is 2.97. The van der Waals surface area contributed by atoms with E-state index < -0.39 is 10.1 Å². The third-order valence-electron chi connectivity index (χ3n) is 3.97.